The van der Waals surface area contributed by atoms with E-state index in [0.29, 0.717) is 24.2 Å². The molecule has 0 bridgehead atoms. The van der Waals surface area contributed by atoms with Gasteiger partial charge in [-0.15, -0.1) is 0 Å². The summed E-state index contributed by atoms with van der Waals surface area (Å²) in [5, 5.41) is 3.38. The number of hydrogen-bond donors (Lipinski definition) is 1. The third-order valence-corrected chi connectivity index (χ3v) is 7.25. The quantitative estimate of drug-likeness (QED) is 0.265. The predicted octanol–water partition coefficient (Wildman–Crippen LogP) is 7.68. The fourth-order valence-electron chi connectivity index (χ4n) is 5.12. The number of hydrogen-bond acceptors (Lipinski definition) is 4. The van der Waals surface area contributed by atoms with Crippen molar-refractivity contribution in [2.24, 2.45) is 4.99 Å². The molecular weight excluding hydrogens is 530 g/mol. The Morgan fingerprint density at radius 3 is 2.42 bits per heavy atom. The predicted molar refractivity (Wildman–Crippen MR) is 143 cm³/mol. The van der Waals surface area contributed by atoms with Gasteiger partial charge in [-0.3, -0.25) is 4.99 Å². The third-order valence-electron chi connectivity index (χ3n) is 7.25. The summed E-state index contributed by atoms with van der Waals surface area (Å²) in [7, 11) is 0. The van der Waals surface area contributed by atoms with Crippen molar-refractivity contribution in [1.29, 1.82) is 0 Å². The number of alkyl halides is 5. The SMILES string of the molecule is C=C(NCc1ccccc1)C1CCCN1C(=C)CC1=NC(C(F)(F)F)=CC1.Fc1ncccc1C1CC(F)(F)C1. The Bertz CT molecular complexity index is 1260. The molecule has 1 atom stereocenters. The lowest BCUT2D eigenvalue weighted by atomic mass is 9.77. The average Bonchev–Trinajstić information content (AvgIpc) is 3.57. The van der Waals surface area contributed by atoms with E-state index in [1.54, 1.807) is 6.07 Å². The van der Waals surface area contributed by atoms with Crippen LogP contribution >= 0.6 is 0 Å². The lowest BCUT2D eigenvalue weighted by Gasteiger charge is -2.34. The molecule has 0 amide bonds. The standard InChI is InChI=1S/C21H24F3N3.C9H8F3N/c1-15(13-18-10-11-20(26-18)21(22,23)24)27-12-6-9-19(27)16(2)25-14-17-7-4-3-5-8-17;10-8-7(2-1-3-13-8)6-4-9(11,12)5-6/h3-5,7-8,11,19,25H,1-2,6,9-10,12-14H2;1-3,6H,4-5H2. The maximum absolute atomic E-state index is 13.0. The van der Waals surface area contributed by atoms with Gasteiger partial charge in [0.2, 0.25) is 11.9 Å². The monoisotopic (exact) mass is 562 g/mol. The first kappa shape index (κ1) is 29.4. The highest BCUT2D eigenvalue weighted by molar-refractivity contribution is 5.90. The van der Waals surface area contributed by atoms with Gasteiger partial charge in [-0.05, 0) is 36.5 Å². The number of benzene rings is 1. The number of nitrogens with zero attached hydrogens (tertiary/aromatic N) is 3. The smallest absolute Gasteiger partial charge is 0.383 e. The van der Waals surface area contributed by atoms with Gasteiger partial charge in [0.1, 0.15) is 5.70 Å². The number of rotatable bonds is 8. The molecule has 214 valence electrons. The number of nitrogens with one attached hydrogen (secondary N) is 1. The zero-order valence-corrected chi connectivity index (χ0v) is 22.0. The van der Waals surface area contributed by atoms with Crippen molar-refractivity contribution in [3.05, 3.63) is 102 Å². The lowest BCUT2D eigenvalue weighted by molar-refractivity contribution is -0.0922. The molecule has 4 nitrogen and oxygen atoms in total. The van der Waals surface area contributed by atoms with E-state index >= 15 is 0 Å². The van der Waals surface area contributed by atoms with Gasteiger partial charge in [-0.2, -0.15) is 17.6 Å². The van der Waals surface area contributed by atoms with Gasteiger partial charge in [0.25, 0.3) is 0 Å². The number of pyridine rings is 1. The van der Waals surface area contributed by atoms with E-state index in [9.17, 15) is 26.3 Å². The molecule has 1 saturated carbocycles. The first-order valence-corrected chi connectivity index (χ1v) is 13.2. The molecule has 1 saturated heterocycles. The highest BCUT2D eigenvalue weighted by Gasteiger charge is 2.46. The van der Waals surface area contributed by atoms with Crippen molar-refractivity contribution in [1.82, 2.24) is 15.2 Å². The summed E-state index contributed by atoms with van der Waals surface area (Å²) >= 11 is 0. The summed E-state index contributed by atoms with van der Waals surface area (Å²) in [6.45, 7) is 9.82. The maximum atomic E-state index is 13.0. The second kappa shape index (κ2) is 12.3. The number of likely N-dealkylation sites (tertiary alicyclic amines) is 1. The fraction of sp³-hybridized carbons (Fsp3) is 0.400. The largest absolute Gasteiger partial charge is 0.433 e. The zero-order valence-electron chi connectivity index (χ0n) is 22.0. The molecule has 40 heavy (non-hydrogen) atoms. The molecule has 1 aromatic carbocycles. The summed E-state index contributed by atoms with van der Waals surface area (Å²) in [5.74, 6) is -3.58. The summed E-state index contributed by atoms with van der Waals surface area (Å²) < 4.78 is 76.1. The second-order valence-corrected chi connectivity index (χ2v) is 10.3. The van der Waals surface area contributed by atoms with E-state index in [2.05, 4.69) is 45.5 Å². The van der Waals surface area contributed by atoms with Gasteiger partial charge >= 0.3 is 6.18 Å². The number of aromatic nitrogens is 1. The molecule has 2 aromatic rings. The molecule has 0 radical (unpaired) electrons. The maximum Gasteiger partial charge on any atom is 0.433 e. The van der Waals surface area contributed by atoms with Crippen LogP contribution in [-0.2, 0) is 6.54 Å². The number of allylic oxidation sites excluding steroid dienone is 3. The number of halogens is 6. The van der Waals surface area contributed by atoms with Crippen molar-refractivity contribution in [3.8, 4) is 0 Å². The van der Waals surface area contributed by atoms with E-state index in [0.717, 1.165) is 36.9 Å². The molecule has 0 spiro atoms. The topological polar surface area (TPSA) is 40.5 Å². The Hall–Kier alpha value is -3.56. The van der Waals surface area contributed by atoms with Crippen LogP contribution < -0.4 is 5.32 Å². The zero-order chi connectivity index (χ0) is 28.9. The van der Waals surface area contributed by atoms with Crippen LogP contribution in [0.5, 0.6) is 0 Å². The molecule has 1 aromatic heterocycles. The average molecular weight is 563 g/mol. The normalized spacial score (nSPS) is 20.1. The minimum Gasteiger partial charge on any atom is -0.383 e. The highest BCUT2D eigenvalue weighted by Crippen LogP contribution is 2.48. The van der Waals surface area contributed by atoms with Crippen LogP contribution in [0.25, 0.3) is 0 Å². The summed E-state index contributed by atoms with van der Waals surface area (Å²) in [5.41, 5.74) is 2.93. The second-order valence-electron chi connectivity index (χ2n) is 10.3. The summed E-state index contributed by atoms with van der Waals surface area (Å²) in [4.78, 5) is 9.31. The molecule has 3 heterocycles. The minimum absolute atomic E-state index is 0.110. The van der Waals surface area contributed by atoms with Crippen LogP contribution in [0, 0.1) is 5.95 Å². The van der Waals surface area contributed by atoms with Gasteiger partial charge in [-0.25, -0.2) is 13.8 Å². The van der Waals surface area contributed by atoms with Crippen molar-refractivity contribution < 1.29 is 26.3 Å². The van der Waals surface area contributed by atoms with Gasteiger partial charge in [0, 0.05) is 67.6 Å². The van der Waals surface area contributed by atoms with Gasteiger partial charge in [0.15, 0.2) is 0 Å². The summed E-state index contributed by atoms with van der Waals surface area (Å²) in [6.07, 6.45) is 0.130. The van der Waals surface area contributed by atoms with Crippen LogP contribution in [0.3, 0.4) is 0 Å². The molecule has 3 aliphatic rings. The molecule has 1 unspecified atom stereocenters. The molecule has 2 aliphatic heterocycles. The van der Waals surface area contributed by atoms with Gasteiger partial charge < -0.3 is 10.2 Å². The summed E-state index contributed by atoms with van der Waals surface area (Å²) in [6, 6.07) is 13.3. The first-order chi connectivity index (χ1) is 18.9. The Labute approximate surface area is 230 Å². The van der Waals surface area contributed by atoms with Crippen LogP contribution in [0.1, 0.15) is 55.6 Å². The van der Waals surface area contributed by atoms with Crippen molar-refractivity contribution in [2.45, 2.75) is 69.1 Å². The van der Waals surface area contributed by atoms with E-state index < -0.39 is 23.7 Å². The fourth-order valence-corrected chi connectivity index (χ4v) is 5.12. The van der Waals surface area contributed by atoms with Crippen LogP contribution in [-0.4, -0.2) is 40.3 Å². The Kier molecular flexibility index (Phi) is 9.05. The van der Waals surface area contributed by atoms with E-state index in [1.165, 1.54) is 17.8 Å². The van der Waals surface area contributed by atoms with Crippen LogP contribution in [0.2, 0.25) is 0 Å². The minimum atomic E-state index is -4.38. The van der Waals surface area contributed by atoms with Gasteiger partial charge in [-0.1, -0.05) is 49.6 Å². The van der Waals surface area contributed by atoms with E-state index in [-0.39, 0.29) is 31.2 Å². The first-order valence-electron chi connectivity index (χ1n) is 13.2. The number of aliphatic imine (C=N–C) groups is 1. The van der Waals surface area contributed by atoms with E-state index in [4.69, 9.17) is 0 Å². The molecular formula is C30H32F6N4. The Morgan fingerprint density at radius 1 is 1.07 bits per heavy atom. The van der Waals surface area contributed by atoms with Crippen LogP contribution in [0.15, 0.2) is 90.0 Å². The van der Waals surface area contributed by atoms with Gasteiger partial charge in [0.05, 0.1) is 6.04 Å². The Balaban J connectivity index is 0.000000236. The lowest BCUT2D eigenvalue weighted by Crippen LogP contribution is -2.35. The molecule has 1 N–H and O–H groups in total. The van der Waals surface area contributed by atoms with Crippen molar-refractivity contribution in [3.63, 3.8) is 0 Å². The highest BCUT2D eigenvalue weighted by atomic mass is 19.4. The Morgan fingerprint density at radius 2 is 1.80 bits per heavy atom. The molecule has 1 aliphatic carbocycles. The van der Waals surface area contributed by atoms with E-state index in [1.807, 2.05) is 18.2 Å². The van der Waals surface area contributed by atoms with Crippen LogP contribution in [0.4, 0.5) is 26.3 Å². The molecule has 2 fully saturated rings. The van der Waals surface area contributed by atoms with Crippen molar-refractivity contribution >= 4 is 5.71 Å². The molecule has 10 heteroatoms. The van der Waals surface area contributed by atoms with Crippen molar-refractivity contribution in [2.75, 3.05) is 6.54 Å². The third kappa shape index (κ3) is 7.55. The molecule has 5 rings (SSSR count).